The van der Waals surface area contributed by atoms with Crippen molar-refractivity contribution in [2.75, 3.05) is 0 Å². The molecule has 0 aliphatic rings. The van der Waals surface area contributed by atoms with Crippen LogP contribution in [-0.4, -0.2) is 13.5 Å². The minimum atomic E-state index is -3.87. The van der Waals surface area contributed by atoms with Crippen molar-refractivity contribution in [3.05, 3.63) is 89.3 Å². The number of rotatable bonds is 4. The lowest BCUT2D eigenvalue weighted by Gasteiger charge is -2.05. The predicted molar refractivity (Wildman–Crippen MR) is 107 cm³/mol. The maximum atomic E-state index is 12.5. The molecule has 5 nitrogen and oxygen atoms in total. The predicted octanol–water partition coefficient (Wildman–Crippen LogP) is 4.19. The second-order valence-electron chi connectivity index (χ2n) is 5.01. The number of hydrogen-bond donors (Lipinski definition) is 0. The zero-order chi connectivity index (χ0) is 20.3. The van der Waals surface area contributed by atoms with Crippen LogP contribution in [0.15, 0.2) is 82.7 Å². The summed E-state index contributed by atoms with van der Waals surface area (Å²) in [4.78, 5) is 0.253. The summed E-state index contributed by atoms with van der Waals surface area (Å²) in [6.07, 6.45) is 0.467. The maximum absolute atomic E-state index is 12.5. The van der Waals surface area contributed by atoms with Crippen molar-refractivity contribution >= 4 is 9.84 Å². The Morgan fingerprint density at radius 1 is 0.815 bits per heavy atom. The lowest BCUT2D eigenvalue weighted by Crippen LogP contribution is -2.38. The van der Waals surface area contributed by atoms with Gasteiger partial charge in [-0.15, -0.1) is 0 Å². The highest BCUT2D eigenvalue weighted by atomic mass is 32.2. The van der Waals surface area contributed by atoms with Crippen molar-refractivity contribution in [3.63, 3.8) is 0 Å². The van der Waals surface area contributed by atoms with E-state index in [4.69, 9.17) is 0 Å². The highest BCUT2D eigenvalue weighted by Gasteiger charge is 2.27. The van der Waals surface area contributed by atoms with Crippen molar-refractivity contribution in [1.82, 2.24) is 5.10 Å². The topological polar surface area (TPSA) is 74.0 Å². The molecule has 1 aromatic heterocycles. The van der Waals surface area contributed by atoms with Crippen molar-refractivity contribution < 1.29 is 13.3 Å². The van der Waals surface area contributed by atoms with Crippen LogP contribution in [0.2, 0.25) is 0 Å². The average Bonchev–Trinajstić information content (AvgIpc) is 2.72. The molecule has 0 saturated carbocycles. The van der Waals surface area contributed by atoms with E-state index in [0.717, 1.165) is 5.56 Å². The minimum Gasteiger partial charge on any atom is -0.593 e. The lowest BCUT2D eigenvalue weighted by atomic mass is 10.1. The van der Waals surface area contributed by atoms with E-state index in [0.29, 0.717) is 12.1 Å². The van der Waals surface area contributed by atoms with Crippen LogP contribution in [0.25, 0.3) is 0 Å². The monoisotopic (exact) mass is 386 g/mol. The molecule has 0 amide bonds. The Bertz CT molecular complexity index is 913. The second-order valence-corrected chi connectivity index (χ2v) is 6.91. The van der Waals surface area contributed by atoms with E-state index >= 15 is 0 Å². The number of benzene rings is 2. The third-order valence-corrected chi connectivity index (χ3v) is 5.12. The summed E-state index contributed by atoms with van der Waals surface area (Å²) >= 11 is 0. The van der Waals surface area contributed by atoms with Crippen LogP contribution >= 0.6 is 0 Å². The molecule has 0 atom stereocenters. The van der Waals surface area contributed by atoms with E-state index in [1.807, 2.05) is 58.0 Å². The van der Waals surface area contributed by atoms with E-state index in [2.05, 4.69) is 5.10 Å². The van der Waals surface area contributed by atoms with Gasteiger partial charge in [-0.3, -0.25) is 0 Å². The fraction of sp³-hybridized carbons (Fsp3) is 0.238. The molecule has 1 heterocycles. The van der Waals surface area contributed by atoms with Crippen LogP contribution in [-0.2, 0) is 16.3 Å². The molecule has 0 radical (unpaired) electrons. The van der Waals surface area contributed by atoms with Gasteiger partial charge in [0, 0.05) is 17.6 Å². The minimum absolute atomic E-state index is 0.0715. The summed E-state index contributed by atoms with van der Waals surface area (Å²) in [7, 11) is -3.87. The Kier molecular flexibility index (Phi) is 9.16. The van der Waals surface area contributed by atoms with Gasteiger partial charge in [-0.05, 0) is 28.6 Å². The Labute approximate surface area is 161 Å². The average molecular weight is 387 g/mol. The molecular formula is C21H26N2O3S. The van der Waals surface area contributed by atoms with E-state index < -0.39 is 9.84 Å². The summed E-state index contributed by atoms with van der Waals surface area (Å²) < 4.78 is 24.9. The summed E-state index contributed by atoms with van der Waals surface area (Å²) in [6.45, 7) is 8.00. The van der Waals surface area contributed by atoms with Crippen LogP contribution in [0.4, 0.5) is 0 Å². The highest BCUT2D eigenvalue weighted by molar-refractivity contribution is 7.91. The Morgan fingerprint density at radius 2 is 1.33 bits per heavy atom. The molecule has 2 aromatic carbocycles. The maximum Gasteiger partial charge on any atom is 0.339 e. The van der Waals surface area contributed by atoms with Crippen molar-refractivity contribution in [2.45, 2.75) is 44.0 Å². The van der Waals surface area contributed by atoms with Gasteiger partial charge >= 0.3 is 5.03 Å². The molecule has 27 heavy (non-hydrogen) atoms. The lowest BCUT2D eigenvalue weighted by molar-refractivity contribution is -0.708. The normalized spacial score (nSPS) is 10.1. The zero-order valence-electron chi connectivity index (χ0n) is 16.2. The molecule has 3 aromatic rings. The van der Waals surface area contributed by atoms with Gasteiger partial charge in [0.05, 0.1) is 4.90 Å². The first kappa shape index (κ1) is 22.3. The molecule has 0 N–H and O–H groups in total. The standard InChI is InChI=1S/C17H14N2O3S.2C2H6/c20-19-17(23(21,22)16-9-5-2-6-10-16)12-11-15(18-19)13-14-7-3-1-4-8-14;2*1-2/h1-12H,13H2;2*1-2H3. The molecule has 0 saturated heterocycles. The zero-order valence-corrected chi connectivity index (χ0v) is 17.0. The van der Waals surface area contributed by atoms with E-state index in [9.17, 15) is 13.6 Å². The molecule has 0 aliphatic heterocycles. The number of aromatic nitrogens is 2. The van der Waals surface area contributed by atoms with E-state index in [-0.39, 0.29) is 14.8 Å². The van der Waals surface area contributed by atoms with Gasteiger partial charge in [-0.25, -0.2) is 8.42 Å². The quantitative estimate of drug-likeness (QED) is 0.498. The highest BCUT2D eigenvalue weighted by Crippen LogP contribution is 2.17. The van der Waals surface area contributed by atoms with E-state index in [1.54, 1.807) is 24.3 Å². The van der Waals surface area contributed by atoms with Crippen LogP contribution in [0, 0.1) is 5.21 Å². The summed E-state index contributed by atoms with van der Waals surface area (Å²) in [5.74, 6) is 0. The van der Waals surface area contributed by atoms with Gasteiger partial charge in [0.1, 0.15) is 5.69 Å². The molecule has 0 spiro atoms. The van der Waals surface area contributed by atoms with Gasteiger partial charge < -0.3 is 5.21 Å². The van der Waals surface area contributed by atoms with Crippen LogP contribution in [0.3, 0.4) is 0 Å². The van der Waals surface area contributed by atoms with Crippen LogP contribution in [0.1, 0.15) is 39.0 Å². The molecule has 0 fully saturated rings. The Hall–Kier alpha value is -2.73. The van der Waals surface area contributed by atoms with E-state index in [1.165, 1.54) is 18.2 Å². The molecule has 0 bridgehead atoms. The number of nitrogens with zero attached hydrogens (tertiary/aromatic N) is 2. The van der Waals surface area contributed by atoms with Crippen molar-refractivity contribution in [3.8, 4) is 0 Å². The van der Waals surface area contributed by atoms with Crippen molar-refractivity contribution in [1.29, 1.82) is 0 Å². The SMILES string of the molecule is CC.CC.O=S(=O)(c1ccccc1)c1ccc(Cc2ccccc2)n[n+]1[O-]. The molecule has 0 unspecified atom stereocenters. The summed E-state index contributed by atoms with van der Waals surface area (Å²) in [5.41, 5.74) is 1.51. The first-order chi connectivity index (χ1) is 13.1. The fourth-order valence-corrected chi connectivity index (χ4v) is 3.49. The molecular weight excluding hydrogens is 360 g/mol. The van der Waals surface area contributed by atoms with Crippen LogP contribution in [0.5, 0.6) is 0 Å². The Morgan fingerprint density at radius 3 is 1.85 bits per heavy atom. The number of hydrogen-bond acceptors (Lipinski definition) is 4. The van der Waals surface area contributed by atoms with Gasteiger partial charge in [-0.1, -0.05) is 76.2 Å². The van der Waals surface area contributed by atoms with Gasteiger partial charge in [0.25, 0.3) is 9.84 Å². The fourth-order valence-electron chi connectivity index (χ4n) is 2.24. The van der Waals surface area contributed by atoms with Crippen molar-refractivity contribution in [2.24, 2.45) is 0 Å². The first-order valence-corrected chi connectivity index (χ1v) is 10.5. The van der Waals surface area contributed by atoms with Gasteiger partial charge in [-0.2, -0.15) is 0 Å². The number of sulfone groups is 1. The molecule has 3 rings (SSSR count). The molecule has 144 valence electrons. The first-order valence-electron chi connectivity index (χ1n) is 9.01. The van der Waals surface area contributed by atoms with Gasteiger partial charge in [0.2, 0.25) is 0 Å². The molecule has 6 heteroatoms. The third-order valence-electron chi connectivity index (χ3n) is 3.38. The molecule has 0 aliphatic carbocycles. The van der Waals surface area contributed by atoms with Crippen LogP contribution < -0.4 is 4.85 Å². The summed E-state index contributed by atoms with van der Waals surface area (Å²) in [5, 5.41) is 15.5. The largest absolute Gasteiger partial charge is 0.593 e. The summed E-state index contributed by atoms with van der Waals surface area (Å²) in [6, 6.07) is 20.3. The van der Waals surface area contributed by atoms with Gasteiger partial charge in [0.15, 0.2) is 0 Å². The third kappa shape index (κ3) is 5.89. The second kappa shape index (κ2) is 11.1. The Balaban J connectivity index is 0.000000855. The smallest absolute Gasteiger partial charge is 0.339 e.